The largest absolute Gasteiger partial charge is 0.393 e. The predicted molar refractivity (Wildman–Crippen MR) is 87.2 cm³/mol. The molecule has 0 bridgehead atoms. The molecular weight excluding hydrogens is 302 g/mol. The molecule has 6 heteroatoms. The number of nitrogens with one attached hydrogen (secondary N) is 2. The summed E-state index contributed by atoms with van der Waals surface area (Å²) in [5.74, 6) is 0. The van der Waals surface area contributed by atoms with Crippen molar-refractivity contribution in [2.45, 2.75) is 37.8 Å². The molecular formula is C16H18ClN3O2. The maximum absolute atomic E-state index is 12.2. The molecule has 1 aliphatic carbocycles. The van der Waals surface area contributed by atoms with Crippen LogP contribution in [-0.4, -0.2) is 28.3 Å². The van der Waals surface area contributed by atoms with Gasteiger partial charge in [0.15, 0.2) is 0 Å². The van der Waals surface area contributed by atoms with Gasteiger partial charge in [0.25, 0.3) is 0 Å². The average Bonchev–Trinajstić information content (AvgIpc) is 2.53. The van der Waals surface area contributed by atoms with Gasteiger partial charge in [-0.15, -0.1) is 0 Å². The highest BCUT2D eigenvalue weighted by atomic mass is 35.5. The first-order valence-corrected chi connectivity index (χ1v) is 7.80. The number of hydrogen-bond donors (Lipinski definition) is 3. The van der Waals surface area contributed by atoms with Crippen LogP contribution in [0.25, 0.3) is 10.9 Å². The monoisotopic (exact) mass is 319 g/mol. The smallest absolute Gasteiger partial charge is 0.319 e. The minimum Gasteiger partial charge on any atom is -0.393 e. The first-order chi connectivity index (χ1) is 10.6. The molecule has 1 aliphatic rings. The summed E-state index contributed by atoms with van der Waals surface area (Å²) in [6.45, 7) is 0. The molecule has 0 saturated heterocycles. The van der Waals surface area contributed by atoms with Gasteiger partial charge in [0.05, 0.1) is 22.3 Å². The van der Waals surface area contributed by atoms with Crippen molar-refractivity contribution in [1.29, 1.82) is 0 Å². The van der Waals surface area contributed by atoms with E-state index >= 15 is 0 Å². The lowest BCUT2D eigenvalue weighted by atomic mass is 9.93. The van der Waals surface area contributed by atoms with Crippen LogP contribution in [0.5, 0.6) is 0 Å². The Morgan fingerprint density at radius 1 is 1.23 bits per heavy atom. The van der Waals surface area contributed by atoms with Crippen LogP contribution in [0.3, 0.4) is 0 Å². The number of aliphatic hydroxyl groups is 1. The molecule has 1 fully saturated rings. The highest BCUT2D eigenvalue weighted by Gasteiger charge is 2.21. The van der Waals surface area contributed by atoms with Crippen molar-refractivity contribution in [2.75, 3.05) is 5.32 Å². The van der Waals surface area contributed by atoms with E-state index in [4.69, 9.17) is 11.6 Å². The molecule has 1 saturated carbocycles. The van der Waals surface area contributed by atoms with E-state index in [0.29, 0.717) is 16.2 Å². The van der Waals surface area contributed by atoms with Crippen molar-refractivity contribution in [1.82, 2.24) is 10.3 Å². The zero-order valence-electron chi connectivity index (χ0n) is 12.1. The number of fused-ring (bicyclic) bond motifs is 1. The fourth-order valence-electron chi connectivity index (χ4n) is 2.81. The number of rotatable bonds is 2. The summed E-state index contributed by atoms with van der Waals surface area (Å²) >= 11 is 6.12. The second kappa shape index (κ2) is 6.50. The zero-order chi connectivity index (χ0) is 15.5. The second-order valence-electron chi connectivity index (χ2n) is 5.60. The van der Waals surface area contributed by atoms with Crippen LogP contribution in [0, 0.1) is 0 Å². The van der Waals surface area contributed by atoms with E-state index in [1.165, 1.54) is 0 Å². The molecule has 0 unspecified atom stereocenters. The lowest BCUT2D eigenvalue weighted by Crippen LogP contribution is -2.40. The van der Waals surface area contributed by atoms with Crippen LogP contribution in [0.4, 0.5) is 10.5 Å². The highest BCUT2D eigenvalue weighted by Crippen LogP contribution is 2.28. The van der Waals surface area contributed by atoms with Crippen LogP contribution >= 0.6 is 11.6 Å². The molecule has 2 amide bonds. The third kappa shape index (κ3) is 3.31. The summed E-state index contributed by atoms with van der Waals surface area (Å²) < 4.78 is 0. The first kappa shape index (κ1) is 15.1. The van der Waals surface area contributed by atoms with Crippen molar-refractivity contribution in [3.05, 3.63) is 35.5 Å². The van der Waals surface area contributed by atoms with Gasteiger partial charge in [-0.05, 0) is 49.9 Å². The van der Waals surface area contributed by atoms with E-state index < -0.39 is 0 Å². The Morgan fingerprint density at radius 2 is 2.00 bits per heavy atom. The number of anilines is 1. The Labute approximate surface area is 133 Å². The van der Waals surface area contributed by atoms with Crippen LogP contribution < -0.4 is 10.6 Å². The molecule has 22 heavy (non-hydrogen) atoms. The Hall–Kier alpha value is -1.85. The molecule has 1 aromatic carbocycles. The summed E-state index contributed by atoms with van der Waals surface area (Å²) in [5, 5.41) is 16.7. The van der Waals surface area contributed by atoms with Crippen LogP contribution in [0.1, 0.15) is 25.7 Å². The SMILES string of the molecule is O=C(Nc1ccc(Cl)c2ncccc12)NC1CCC(O)CC1. The molecule has 3 rings (SSSR count). The van der Waals surface area contributed by atoms with Gasteiger partial charge in [0, 0.05) is 17.6 Å². The molecule has 0 spiro atoms. The van der Waals surface area contributed by atoms with Crippen LogP contribution in [0.15, 0.2) is 30.5 Å². The van der Waals surface area contributed by atoms with E-state index in [0.717, 1.165) is 31.1 Å². The van der Waals surface area contributed by atoms with Gasteiger partial charge < -0.3 is 15.7 Å². The number of carbonyl (C=O) groups is 1. The number of pyridine rings is 1. The number of amides is 2. The minimum atomic E-state index is -0.242. The molecule has 0 atom stereocenters. The Kier molecular flexibility index (Phi) is 4.45. The molecule has 1 heterocycles. The predicted octanol–water partition coefficient (Wildman–Crippen LogP) is 3.31. The Bertz CT molecular complexity index is 684. The number of benzene rings is 1. The minimum absolute atomic E-state index is 0.111. The van der Waals surface area contributed by atoms with Gasteiger partial charge in [-0.3, -0.25) is 4.98 Å². The quantitative estimate of drug-likeness (QED) is 0.795. The van der Waals surface area contributed by atoms with Gasteiger partial charge in [-0.1, -0.05) is 11.6 Å². The van der Waals surface area contributed by atoms with Crippen molar-refractivity contribution in [3.63, 3.8) is 0 Å². The number of aromatic nitrogens is 1. The Morgan fingerprint density at radius 3 is 2.77 bits per heavy atom. The van der Waals surface area contributed by atoms with Gasteiger partial charge in [0.2, 0.25) is 0 Å². The number of urea groups is 1. The molecule has 3 N–H and O–H groups in total. The van der Waals surface area contributed by atoms with Crippen molar-refractivity contribution < 1.29 is 9.90 Å². The second-order valence-corrected chi connectivity index (χ2v) is 6.01. The Balaban J connectivity index is 1.70. The molecule has 2 aromatic rings. The standard InChI is InChI=1S/C16H18ClN3O2/c17-13-7-8-14(12-2-1-9-18-15(12)13)20-16(22)19-10-3-5-11(21)6-4-10/h1-2,7-11,21H,3-6H2,(H2,19,20,22). The van der Waals surface area contributed by atoms with Crippen molar-refractivity contribution in [3.8, 4) is 0 Å². The maximum Gasteiger partial charge on any atom is 0.319 e. The highest BCUT2D eigenvalue weighted by molar-refractivity contribution is 6.35. The van der Waals surface area contributed by atoms with Crippen molar-refractivity contribution in [2.24, 2.45) is 0 Å². The summed E-state index contributed by atoms with van der Waals surface area (Å²) in [5.41, 5.74) is 1.35. The number of carbonyl (C=O) groups excluding carboxylic acids is 1. The topological polar surface area (TPSA) is 74.2 Å². The summed E-state index contributed by atoms with van der Waals surface area (Å²) in [4.78, 5) is 16.4. The summed E-state index contributed by atoms with van der Waals surface area (Å²) in [6, 6.07) is 7.06. The van der Waals surface area contributed by atoms with Gasteiger partial charge >= 0.3 is 6.03 Å². The number of halogens is 1. The molecule has 0 aliphatic heterocycles. The third-order valence-corrected chi connectivity index (χ3v) is 4.31. The molecule has 116 valence electrons. The van der Waals surface area contributed by atoms with E-state index in [2.05, 4.69) is 15.6 Å². The third-order valence-electron chi connectivity index (χ3n) is 4.00. The van der Waals surface area contributed by atoms with E-state index in [9.17, 15) is 9.90 Å². The lowest BCUT2D eigenvalue weighted by Gasteiger charge is -2.26. The molecule has 5 nitrogen and oxygen atoms in total. The first-order valence-electron chi connectivity index (χ1n) is 7.42. The van der Waals surface area contributed by atoms with E-state index in [1.54, 1.807) is 18.3 Å². The van der Waals surface area contributed by atoms with Crippen molar-refractivity contribution >= 4 is 34.2 Å². The van der Waals surface area contributed by atoms with Crippen LogP contribution in [-0.2, 0) is 0 Å². The number of aliphatic hydroxyl groups excluding tert-OH is 1. The summed E-state index contributed by atoms with van der Waals surface area (Å²) in [6.07, 6.45) is 4.52. The van der Waals surface area contributed by atoms with Gasteiger partial charge in [-0.25, -0.2) is 4.79 Å². The van der Waals surface area contributed by atoms with Crippen LogP contribution in [0.2, 0.25) is 5.02 Å². The maximum atomic E-state index is 12.2. The zero-order valence-corrected chi connectivity index (χ0v) is 12.8. The number of hydrogen-bond acceptors (Lipinski definition) is 3. The fourth-order valence-corrected chi connectivity index (χ4v) is 3.02. The molecule has 0 radical (unpaired) electrons. The summed E-state index contributed by atoms with van der Waals surface area (Å²) in [7, 11) is 0. The lowest BCUT2D eigenvalue weighted by molar-refractivity contribution is 0.118. The van der Waals surface area contributed by atoms with Gasteiger partial charge in [0.1, 0.15) is 0 Å². The fraction of sp³-hybridized carbons (Fsp3) is 0.375. The number of nitrogens with zero attached hydrogens (tertiary/aromatic N) is 1. The normalized spacial score (nSPS) is 21.5. The molecule has 1 aromatic heterocycles. The van der Waals surface area contributed by atoms with E-state index in [1.807, 2.05) is 12.1 Å². The van der Waals surface area contributed by atoms with Gasteiger partial charge in [-0.2, -0.15) is 0 Å². The van der Waals surface area contributed by atoms with E-state index in [-0.39, 0.29) is 18.2 Å². The average molecular weight is 320 g/mol.